The van der Waals surface area contributed by atoms with E-state index in [1.54, 1.807) is 13.8 Å². The zero-order valence-corrected chi connectivity index (χ0v) is 12.0. The molecule has 2 N–H and O–H groups in total. The van der Waals surface area contributed by atoms with Crippen molar-refractivity contribution in [2.75, 3.05) is 13.2 Å². The van der Waals surface area contributed by atoms with Gasteiger partial charge < -0.3 is 15.2 Å². The molecule has 0 spiro atoms. The Morgan fingerprint density at radius 3 is 2.48 bits per heavy atom. The maximum atomic E-state index is 13.6. The zero-order valence-electron chi connectivity index (χ0n) is 12.0. The fourth-order valence-electron chi connectivity index (χ4n) is 2.57. The van der Waals surface area contributed by atoms with Gasteiger partial charge >= 0.3 is 5.97 Å². The molecule has 0 bridgehead atoms. The smallest absolute Gasteiger partial charge is 0.305 e. The number of hydrogen-bond donors (Lipinski definition) is 2. The van der Waals surface area contributed by atoms with E-state index >= 15 is 0 Å². The third-order valence-electron chi connectivity index (χ3n) is 3.67. The Morgan fingerprint density at radius 1 is 1.38 bits per heavy atom. The van der Waals surface area contributed by atoms with E-state index in [9.17, 15) is 14.0 Å². The van der Waals surface area contributed by atoms with Gasteiger partial charge in [-0.3, -0.25) is 9.59 Å². The summed E-state index contributed by atoms with van der Waals surface area (Å²) in [5.41, 5.74) is 0.201. The van der Waals surface area contributed by atoms with Gasteiger partial charge in [-0.05, 0) is 43.5 Å². The summed E-state index contributed by atoms with van der Waals surface area (Å²) in [5, 5.41) is 11.7. The Balaban J connectivity index is 2.21. The van der Waals surface area contributed by atoms with Crippen LogP contribution in [0.15, 0.2) is 12.1 Å². The van der Waals surface area contributed by atoms with E-state index < -0.39 is 17.4 Å². The molecule has 1 saturated heterocycles. The lowest BCUT2D eigenvalue weighted by atomic mass is 9.93. The van der Waals surface area contributed by atoms with Crippen LogP contribution in [0.4, 0.5) is 4.39 Å². The minimum absolute atomic E-state index is 0.171. The molecule has 1 atom stereocenters. The van der Waals surface area contributed by atoms with Crippen LogP contribution in [0, 0.1) is 19.7 Å². The van der Waals surface area contributed by atoms with Crippen molar-refractivity contribution in [2.24, 2.45) is 0 Å². The molecule has 0 aromatic heterocycles. The molecule has 114 valence electrons. The van der Waals surface area contributed by atoms with Crippen LogP contribution in [-0.4, -0.2) is 35.7 Å². The van der Waals surface area contributed by atoms with Gasteiger partial charge in [0.2, 0.25) is 0 Å². The number of carboxylic acid groups (broad SMARTS) is 1. The first-order valence-corrected chi connectivity index (χ1v) is 6.72. The van der Waals surface area contributed by atoms with E-state index in [-0.39, 0.29) is 18.8 Å². The largest absolute Gasteiger partial charge is 0.481 e. The molecule has 0 aliphatic carbocycles. The summed E-state index contributed by atoms with van der Waals surface area (Å²) in [6.45, 7) is 3.76. The van der Waals surface area contributed by atoms with Gasteiger partial charge in [0, 0.05) is 12.2 Å². The van der Waals surface area contributed by atoms with Crippen molar-refractivity contribution >= 4 is 11.9 Å². The average molecular weight is 295 g/mol. The minimum atomic E-state index is -0.993. The highest BCUT2D eigenvalue weighted by Crippen LogP contribution is 2.24. The van der Waals surface area contributed by atoms with Crippen molar-refractivity contribution in [2.45, 2.75) is 32.2 Å². The summed E-state index contributed by atoms with van der Waals surface area (Å²) in [6, 6.07) is 2.92. The second kappa shape index (κ2) is 5.81. The number of halogens is 1. The van der Waals surface area contributed by atoms with Crippen LogP contribution in [-0.2, 0) is 9.53 Å². The van der Waals surface area contributed by atoms with Gasteiger partial charge in [-0.1, -0.05) is 0 Å². The van der Waals surface area contributed by atoms with Gasteiger partial charge in [0.15, 0.2) is 0 Å². The van der Waals surface area contributed by atoms with Gasteiger partial charge in [0.25, 0.3) is 5.91 Å². The summed E-state index contributed by atoms with van der Waals surface area (Å²) in [5.74, 6) is -1.74. The van der Waals surface area contributed by atoms with Gasteiger partial charge in [0.1, 0.15) is 5.82 Å². The molecule has 6 heteroatoms. The van der Waals surface area contributed by atoms with E-state index in [0.717, 1.165) is 0 Å². The SMILES string of the molecule is Cc1cc(C(=O)NC2(CC(=O)O)CCOC2)cc(C)c1F. The Hall–Kier alpha value is -1.95. The molecule has 2 rings (SSSR count). The molecule has 5 nitrogen and oxygen atoms in total. The Kier molecular flexibility index (Phi) is 4.27. The normalized spacial score (nSPS) is 21.3. The highest BCUT2D eigenvalue weighted by Gasteiger charge is 2.38. The number of benzene rings is 1. The van der Waals surface area contributed by atoms with Gasteiger partial charge in [0.05, 0.1) is 18.6 Å². The molecule has 1 aliphatic heterocycles. The van der Waals surface area contributed by atoms with E-state index in [2.05, 4.69) is 5.32 Å². The van der Waals surface area contributed by atoms with Crippen LogP contribution in [0.2, 0.25) is 0 Å². The lowest BCUT2D eigenvalue weighted by Gasteiger charge is -2.27. The molecule has 1 unspecified atom stereocenters. The summed E-state index contributed by atoms with van der Waals surface area (Å²) in [4.78, 5) is 23.3. The molecule has 1 heterocycles. The standard InChI is InChI=1S/C15H18FNO4/c1-9-5-11(6-10(2)13(9)16)14(20)17-15(7-12(18)19)3-4-21-8-15/h5-6H,3-4,7-8H2,1-2H3,(H,17,20)(H,18,19). The number of hydrogen-bond acceptors (Lipinski definition) is 3. The number of carbonyl (C=O) groups is 2. The number of aliphatic carboxylic acids is 1. The van der Waals surface area contributed by atoms with Gasteiger partial charge in [-0.2, -0.15) is 0 Å². The van der Waals surface area contributed by atoms with Crippen molar-refractivity contribution in [3.8, 4) is 0 Å². The van der Waals surface area contributed by atoms with Crippen LogP contribution in [0.25, 0.3) is 0 Å². The summed E-state index contributed by atoms with van der Waals surface area (Å²) in [6.07, 6.45) is 0.252. The number of ether oxygens (including phenoxy) is 1. The van der Waals surface area contributed by atoms with Crippen LogP contribution in [0.3, 0.4) is 0 Å². The Morgan fingerprint density at radius 2 is 2.00 bits per heavy atom. The first-order valence-electron chi connectivity index (χ1n) is 6.72. The first kappa shape index (κ1) is 15.4. The number of aryl methyl sites for hydroxylation is 2. The van der Waals surface area contributed by atoms with E-state index in [0.29, 0.717) is 29.7 Å². The summed E-state index contributed by atoms with van der Waals surface area (Å²) in [7, 11) is 0. The third kappa shape index (κ3) is 3.39. The van der Waals surface area contributed by atoms with Gasteiger partial charge in [-0.15, -0.1) is 0 Å². The molecule has 1 aromatic carbocycles. The van der Waals surface area contributed by atoms with Crippen molar-refractivity contribution in [1.29, 1.82) is 0 Å². The highest BCUT2D eigenvalue weighted by molar-refractivity contribution is 5.95. The van der Waals surface area contributed by atoms with Crippen LogP contribution in [0.1, 0.15) is 34.3 Å². The van der Waals surface area contributed by atoms with Crippen LogP contribution in [0.5, 0.6) is 0 Å². The number of carboxylic acids is 1. The third-order valence-corrected chi connectivity index (χ3v) is 3.67. The monoisotopic (exact) mass is 295 g/mol. The molecular formula is C15H18FNO4. The lowest BCUT2D eigenvalue weighted by molar-refractivity contribution is -0.138. The predicted molar refractivity (Wildman–Crippen MR) is 73.8 cm³/mol. The van der Waals surface area contributed by atoms with Crippen molar-refractivity contribution in [1.82, 2.24) is 5.32 Å². The van der Waals surface area contributed by atoms with E-state index in [1.165, 1.54) is 12.1 Å². The fourth-order valence-corrected chi connectivity index (χ4v) is 2.57. The molecule has 0 saturated carbocycles. The lowest BCUT2D eigenvalue weighted by Crippen LogP contribution is -2.50. The molecule has 0 radical (unpaired) electrons. The first-order chi connectivity index (χ1) is 9.83. The van der Waals surface area contributed by atoms with E-state index in [4.69, 9.17) is 9.84 Å². The fraction of sp³-hybridized carbons (Fsp3) is 0.467. The number of rotatable bonds is 4. The Labute approximate surface area is 122 Å². The summed E-state index contributed by atoms with van der Waals surface area (Å²) >= 11 is 0. The van der Waals surface area contributed by atoms with Gasteiger partial charge in [-0.25, -0.2) is 4.39 Å². The molecule has 1 fully saturated rings. The van der Waals surface area contributed by atoms with Crippen molar-refractivity contribution < 1.29 is 23.8 Å². The number of carbonyl (C=O) groups excluding carboxylic acids is 1. The molecule has 1 aromatic rings. The summed E-state index contributed by atoms with van der Waals surface area (Å²) < 4.78 is 18.8. The quantitative estimate of drug-likeness (QED) is 0.888. The minimum Gasteiger partial charge on any atom is -0.481 e. The molecule has 1 aliphatic rings. The molecular weight excluding hydrogens is 277 g/mol. The van der Waals surface area contributed by atoms with Crippen molar-refractivity contribution in [3.05, 3.63) is 34.6 Å². The topological polar surface area (TPSA) is 75.6 Å². The molecule has 1 amide bonds. The second-order valence-electron chi connectivity index (χ2n) is 5.53. The maximum absolute atomic E-state index is 13.6. The highest BCUT2D eigenvalue weighted by atomic mass is 19.1. The predicted octanol–water partition coefficient (Wildman–Crippen LogP) is 1.81. The van der Waals surface area contributed by atoms with Crippen LogP contribution >= 0.6 is 0 Å². The average Bonchev–Trinajstić information content (AvgIpc) is 2.82. The number of nitrogens with one attached hydrogen (secondary N) is 1. The Bertz CT molecular complexity index is 556. The van der Waals surface area contributed by atoms with Crippen molar-refractivity contribution in [3.63, 3.8) is 0 Å². The maximum Gasteiger partial charge on any atom is 0.305 e. The molecule has 21 heavy (non-hydrogen) atoms. The zero-order chi connectivity index (χ0) is 15.6. The van der Waals surface area contributed by atoms with Crippen LogP contribution < -0.4 is 5.32 Å². The number of amides is 1. The second-order valence-corrected chi connectivity index (χ2v) is 5.53. The van der Waals surface area contributed by atoms with E-state index in [1.807, 2.05) is 0 Å².